The summed E-state index contributed by atoms with van der Waals surface area (Å²) in [5.74, 6) is -0.459. The van der Waals surface area contributed by atoms with Gasteiger partial charge >= 0.3 is 5.97 Å². The van der Waals surface area contributed by atoms with Crippen molar-refractivity contribution in [1.82, 2.24) is 5.32 Å². The van der Waals surface area contributed by atoms with Crippen molar-refractivity contribution in [2.75, 3.05) is 19.5 Å². The lowest BCUT2D eigenvalue weighted by atomic mass is 9.92. The maximum atomic E-state index is 13.4. The number of aryl methyl sites for hydroxylation is 1. The number of nitrogens with one attached hydrogen (secondary N) is 2. The number of carbonyl (C=O) groups excluding carboxylic acids is 2. The van der Waals surface area contributed by atoms with Gasteiger partial charge in [-0.3, -0.25) is 14.4 Å². The third kappa shape index (κ3) is 9.83. The minimum atomic E-state index is -1.06. The molecule has 0 bridgehead atoms. The number of carbonyl (C=O) groups is 3. The molecular formula is C33H40N2O6S. The lowest BCUT2D eigenvalue weighted by Gasteiger charge is -2.24. The first-order chi connectivity index (χ1) is 20.1. The highest BCUT2D eigenvalue weighted by Crippen LogP contribution is 2.32. The van der Waals surface area contributed by atoms with Gasteiger partial charge in [-0.15, -0.1) is 11.8 Å². The van der Waals surface area contributed by atoms with Crippen LogP contribution in [0.15, 0.2) is 71.6 Å². The lowest BCUT2D eigenvalue weighted by molar-refractivity contribution is -0.138. The Hall–Kier alpha value is -3.98. The fourth-order valence-corrected chi connectivity index (χ4v) is 5.62. The molecule has 42 heavy (non-hydrogen) atoms. The van der Waals surface area contributed by atoms with Crippen LogP contribution in [0.5, 0.6) is 11.5 Å². The normalized spacial score (nSPS) is 12.3. The molecule has 2 amide bonds. The molecule has 2 unspecified atom stereocenters. The Kier molecular flexibility index (Phi) is 12.3. The first-order valence-electron chi connectivity index (χ1n) is 13.9. The van der Waals surface area contributed by atoms with Gasteiger partial charge in [0.2, 0.25) is 11.8 Å². The Morgan fingerprint density at radius 2 is 1.60 bits per heavy atom. The predicted molar refractivity (Wildman–Crippen MR) is 166 cm³/mol. The second-order valence-corrected chi connectivity index (χ2v) is 11.6. The number of hydrogen-bond acceptors (Lipinski definition) is 6. The number of methoxy groups -OCH3 is 2. The molecule has 224 valence electrons. The number of hydrogen-bond donors (Lipinski definition) is 3. The number of thioether (sulfide) groups is 1. The molecular weight excluding hydrogens is 552 g/mol. The predicted octanol–water partition coefficient (Wildman–Crippen LogP) is 6.63. The number of carboxylic acids is 1. The number of anilines is 1. The zero-order valence-corrected chi connectivity index (χ0v) is 25.6. The van der Waals surface area contributed by atoms with Crippen molar-refractivity contribution in [1.29, 1.82) is 0 Å². The molecule has 2 atom stereocenters. The quantitative estimate of drug-likeness (QED) is 0.170. The van der Waals surface area contributed by atoms with Crippen LogP contribution in [0.3, 0.4) is 0 Å². The summed E-state index contributed by atoms with van der Waals surface area (Å²) in [6, 6.07) is 20.2. The molecule has 3 N–H and O–H groups in total. The van der Waals surface area contributed by atoms with Crippen molar-refractivity contribution >= 4 is 35.2 Å². The fourth-order valence-electron chi connectivity index (χ4n) is 4.64. The van der Waals surface area contributed by atoms with Gasteiger partial charge in [0.15, 0.2) is 11.5 Å². The molecule has 0 spiro atoms. The first-order valence-corrected chi connectivity index (χ1v) is 14.9. The maximum absolute atomic E-state index is 13.4. The molecule has 0 saturated carbocycles. The van der Waals surface area contributed by atoms with Crippen molar-refractivity contribution in [3.63, 3.8) is 0 Å². The van der Waals surface area contributed by atoms with Crippen molar-refractivity contribution < 1.29 is 29.0 Å². The van der Waals surface area contributed by atoms with Gasteiger partial charge in [0, 0.05) is 28.7 Å². The highest BCUT2D eigenvalue weighted by molar-refractivity contribution is 7.98. The van der Waals surface area contributed by atoms with Crippen LogP contribution in [-0.4, -0.2) is 37.1 Å². The molecule has 0 aliphatic carbocycles. The van der Waals surface area contributed by atoms with Crippen LogP contribution in [-0.2, 0) is 20.1 Å². The number of benzene rings is 3. The van der Waals surface area contributed by atoms with Crippen LogP contribution in [0.4, 0.5) is 5.69 Å². The lowest BCUT2D eigenvalue weighted by Crippen LogP contribution is -2.37. The Labute approximate surface area is 252 Å². The third-order valence-electron chi connectivity index (χ3n) is 6.79. The van der Waals surface area contributed by atoms with Gasteiger partial charge in [-0.1, -0.05) is 50.2 Å². The average molecular weight is 593 g/mol. The SMILES string of the molecule is COc1ccc(C(CC(=O)O)NC(=O)C(CC(=O)Nc2ccc(CSc3ccccc3C)cc2)CC(C)C)cc1OC. The minimum Gasteiger partial charge on any atom is -0.493 e. The summed E-state index contributed by atoms with van der Waals surface area (Å²) < 4.78 is 10.6. The molecule has 0 saturated heterocycles. The van der Waals surface area contributed by atoms with Crippen molar-refractivity contribution in [3.8, 4) is 11.5 Å². The minimum absolute atomic E-state index is 0.0272. The van der Waals surface area contributed by atoms with Crippen LogP contribution in [0.2, 0.25) is 0 Å². The van der Waals surface area contributed by atoms with Crippen LogP contribution in [0, 0.1) is 18.8 Å². The second-order valence-electron chi connectivity index (χ2n) is 10.6. The zero-order valence-electron chi connectivity index (χ0n) is 24.8. The summed E-state index contributed by atoms with van der Waals surface area (Å²) in [5.41, 5.74) is 3.60. The number of amides is 2. The molecule has 0 heterocycles. The van der Waals surface area contributed by atoms with E-state index >= 15 is 0 Å². The van der Waals surface area contributed by atoms with Crippen molar-refractivity contribution in [2.24, 2.45) is 11.8 Å². The molecule has 3 aromatic rings. The standard InChI is InChI=1S/C33H40N2O6S/c1-21(2)16-25(33(39)35-27(19-32(37)38)24-12-15-28(40-4)29(17-24)41-5)18-31(36)34-26-13-10-23(11-14-26)20-42-30-9-7-6-8-22(30)3/h6-15,17,21,25,27H,16,18-20H2,1-5H3,(H,34,36)(H,35,39)(H,37,38). The smallest absolute Gasteiger partial charge is 0.305 e. The van der Waals surface area contributed by atoms with Crippen LogP contribution in [0.1, 0.15) is 55.8 Å². The molecule has 0 fully saturated rings. The summed E-state index contributed by atoms with van der Waals surface area (Å²) in [6.45, 7) is 6.06. The molecule has 0 aromatic heterocycles. The molecule has 9 heteroatoms. The monoisotopic (exact) mass is 592 g/mol. The average Bonchev–Trinajstić information content (AvgIpc) is 2.96. The molecule has 3 aromatic carbocycles. The van der Waals surface area contributed by atoms with E-state index < -0.39 is 17.9 Å². The summed E-state index contributed by atoms with van der Waals surface area (Å²) in [5, 5.41) is 15.3. The third-order valence-corrected chi connectivity index (χ3v) is 8.04. The van der Waals surface area contributed by atoms with Gasteiger partial charge in [0.25, 0.3) is 0 Å². The maximum Gasteiger partial charge on any atom is 0.305 e. The summed E-state index contributed by atoms with van der Waals surface area (Å²) in [6.07, 6.45) is 0.122. The van der Waals surface area contributed by atoms with E-state index in [0.717, 1.165) is 11.3 Å². The summed E-state index contributed by atoms with van der Waals surface area (Å²) >= 11 is 1.77. The Morgan fingerprint density at radius 3 is 2.21 bits per heavy atom. The van der Waals surface area contributed by atoms with E-state index in [-0.39, 0.29) is 30.6 Å². The molecule has 3 rings (SSSR count). The number of carboxylic acid groups (broad SMARTS) is 1. The van der Waals surface area contributed by atoms with Crippen LogP contribution >= 0.6 is 11.8 Å². The Balaban J connectivity index is 1.65. The van der Waals surface area contributed by atoms with E-state index in [9.17, 15) is 19.5 Å². The molecule has 0 aliphatic rings. The van der Waals surface area contributed by atoms with Gasteiger partial charge in [-0.25, -0.2) is 0 Å². The number of aliphatic carboxylic acids is 1. The van der Waals surface area contributed by atoms with Gasteiger partial charge in [-0.2, -0.15) is 0 Å². The van der Waals surface area contributed by atoms with E-state index in [1.165, 1.54) is 24.7 Å². The number of ether oxygens (including phenoxy) is 2. The molecule has 8 nitrogen and oxygen atoms in total. The van der Waals surface area contributed by atoms with E-state index in [2.05, 4.69) is 29.7 Å². The van der Waals surface area contributed by atoms with Crippen LogP contribution in [0.25, 0.3) is 0 Å². The van der Waals surface area contributed by atoms with Crippen LogP contribution < -0.4 is 20.1 Å². The van der Waals surface area contributed by atoms with Crippen molar-refractivity contribution in [2.45, 2.75) is 56.7 Å². The summed E-state index contributed by atoms with van der Waals surface area (Å²) in [4.78, 5) is 39.3. The van der Waals surface area contributed by atoms with Gasteiger partial charge < -0.3 is 25.2 Å². The van der Waals surface area contributed by atoms with E-state index in [0.29, 0.717) is 29.2 Å². The zero-order chi connectivity index (χ0) is 30.6. The van der Waals surface area contributed by atoms with E-state index in [1.54, 1.807) is 30.0 Å². The Morgan fingerprint density at radius 1 is 0.905 bits per heavy atom. The topological polar surface area (TPSA) is 114 Å². The highest BCUT2D eigenvalue weighted by Gasteiger charge is 2.27. The Bertz CT molecular complexity index is 1360. The fraction of sp³-hybridized carbons (Fsp3) is 0.364. The number of rotatable bonds is 15. The van der Waals surface area contributed by atoms with E-state index in [1.807, 2.05) is 50.2 Å². The van der Waals surface area contributed by atoms with Gasteiger partial charge in [-0.05, 0) is 66.3 Å². The molecule has 0 radical (unpaired) electrons. The first kappa shape index (κ1) is 32.5. The van der Waals surface area contributed by atoms with Crippen molar-refractivity contribution in [3.05, 3.63) is 83.4 Å². The summed E-state index contributed by atoms with van der Waals surface area (Å²) in [7, 11) is 3.00. The molecule has 0 aliphatic heterocycles. The largest absolute Gasteiger partial charge is 0.493 e. The van der Waals surface area contributed by atoms with E-state index in [4.69, 9.17) is 9.47 Å². The second kappa shape index (κ2) is 15.9. The van der Waals surface area contributed by atoms with Gasteiger partial charge in [0.1, 0.15) is 0 Å². The highest BCUT2D eigenvalue weighted by atomic mass is 32.2. The van der Waals surface area contributed by atoms with Gasteiger partial charge in [0.05, 0.1) is 26.7 Å².